The van der Waals surface area contributed by atoms with E-state index in [1.807, 2.05) is 20.9 Å². The Morgan fingerprint density at radius 1 is 1.50 bits per heavy atom. The van der Waals surface area contributed by atoms with Crippen molar-refractivity contribution >= 4 is 0 Å². The standard InChI is InChI=1S/C15H27NO2/c1-10-5-7-15(16-4,8-6-10)13(17)11-9-12(11)14(2,3)18/h5,11-13,16-18H,6-9H2,1-4H3. The second kappa shape index (κ2) is 4.62. The highest BCUT2D eigenvalue weighted by Crippen LogP contribution is 2.51. The van der Waals surface area contributed by atoms with Crippen molar-refractivity contribution in [2.24, 2.45) is 11.8 Å². The molecule has 0 aliphatic heterocycles. The monoisotopic (exact) mass is 253 g/mol. The third kappa shape index (κ3) is 2.49. The predicted octanol–water partition coefficient (Wildman–Crippen LogP) is 1.84. The third-order valence-electron chi connectivity index (χ3n) is 5.00. The molecule has 0 aromatic rings. The van der Waals surface area contributed by atoms with Crippen LogP contribution in [0.15, 0.2) is 11.6 Å². The third-order valence-corrected chi connectivity index (χ3v) is 5.00. The lowest BCUT2D eigenvalue weighted by Gasteiger charge is -2.41. The molecule has 1 fully saturated rings. The zero-order valence-corrected chi connectivity index (χ0v) is 12.0. The predicted molar refractivity (Wildman–Crippen MR) is 73.3 cm³/mol. The van der Waals surface area contributed by atoms with Crippen LogP contribution in [0.2, 0.25) is 0 Å². The molecule has 2 aliphatic rings. The van der Waals surface area contributed by atoms with Crippen molar-refractivity contribution in [1.82, 2.24) is 5.32 Å². The highest BCUT2D eigenvalue weighted by Gasteiger charge is 2.55. The van der Waals surface area contributed by atoms with Gasteiger partial charge in [0.1, 0.15) is 0 Å². The smallest absolute Gasteiger partial charge is 0.0756 e. The maximum atomic E-state index is 10.7. The number of rotatable bonds is 4. The molecule has 4 atom stereocenters. The minimum Gasteiger partial charge on any atom is -0.391 e. The first kappa shape index (κ1) is 14.0. The van der Waals surface area contributed by atoms with E-state index in [0.717, 1.165) is 25.7 Å². The molecule has 3 N–H and O–H groups in total. The summed E-state index contributed by atoms with van der Waals surface area (Å²) in [5.41, 5.74) is 0.563. The highest BCUT2D eigenvalue weighted by molar-refractivity contribution is 5.16. The Balaban J connectivity index is 2.06. The normalized spacial score (nSPS) is 38.2. The van der Waals surface area contributed by atoms with Crippen molar-refractivity contribution < 1.29 is 10.2 Å². The molecular formula is C15H27NO2. The maximum absolute atomic E-state index is 10.7. The SMILES string of the molecule is CNC1(C(O)C2CC2C(C)(C)O)CC=C(C)CC1. The lowest BCUT2D eigenvalue weighted by molar-refractivity contribution is 0.00355. The Morgan fingerprint density at radius 3 is 2.56 bits per heavy atom. The van der Waals surface area contributed by atoms with E-state index >= 15 is 0 Å². The summed E-state index contributed by atoms with van der Waals surface area (Å²) in [5, 5.41) is 24.1. The van der Waals surface area contributed by atoms with Crippen LogP contribution in [0, 0.1) is 11.8 Å². The maximum Gasteiger partial charge on any atom is 0.0756 e. The molecule has 3 heteroatoms. The van der Waals surface area contributed by atoms with Gasteiger partial charge in [-0.25, -0.2) is 0 Å². The first-order valence-corrected chi connectivity index (χ1v) is 7.05. The van der Waals surface area contributed by atoms with E-state index in [1.54, 1.807) is 0 Å². The van der Waals surface area contributed by atoms with Gasteiger partial charge in [-0.2, -0.15) is 0 Å². The summed E-state index contributed by atoms with van der Waals surface area (Å²) in [7, 11) is 1.94. The fraction of sp³-hybridized carbons (Fsp3) is 0.867. The quantitative estimate of drug-likeness (QED) is 0.670. The zero-order chi connectivity index (χ0) is 13.6. The molecule has 18 heavy (non-hydrogen) atoms. The first-order chi connectivity index (χ1) is 8.30. The number of aliphatic hydroxyl groups is 2. The molecule has 104 valence electrons. The van der Waals surface area contributed by atoms with Crippen molar-refractivity contribution in [2.75, 3.05) is 7.05 Å². The van der Waals surface area contributed by atoms with Crippen LogP contribution in [0.25, 0.3) is 0 Å². The molecule has 0 aromatic carbocycles. The van der Waals surface area contributed by atoms with E-state index < -0.39 is 5.60 Å². The summed E-state index contributed by atoms with van der Waals surface area (Å²) in [6.45, 7) is 5.85. The van der Waals surface area contributed by atoms with Crippen molar-refractivity contribution in [2.45, 2.75) is 63.7 Å². The molecule has 0 heterocycles. The van der Waals surface area contributed by atoms with Crippen LogP contribution >= 0.6 is 0 Å². The van der Waals surface area contributed by atoms with E-state index in [9.17, 15) is 10.2 Å². The summed E-state index contributed by atoms with van der Waals surface area (Å²) >= 11 is 0. The van der Waals surface area contributed by atoms with E-state index in [4.69, 9.17) is 0 Å². The van der Waals surface area contributed by atoms with Crippen molar-refractivity contribution in [3.05, 3.63) is 11.6 Å². The Bertz CT molecular complexity index is 345. The summed E-state index contributed by atoms with van der Waals surface area (Å²) in [4.78, 5) is 0. The number of allylic oxidation sites excluding steroid dienone is 1. The lowest BCUT2D eigenvalue weighted by atomic mass is 9.76. The minimum absolute atomic E-state index is 0.190. The molecule has 1 saturated carbocycles. The average molecular weight is 253 g/mol. The number of nitrogens with one attached hydrogen (secondary N) is 1. The Morgan fingerprint density at radius 2 is 2.17 bits per heavy atom. The molecule has 3 nitrogen and oxygen atoms in total. The van der Waals surface area contributed by atoms with Gasteiger partial charge in [0.2, 0.25) is 0 Å². The molecule has 4 unspecified atom stereocenters. The second-order valence-electron chi connectivity index (χ2n) is 6.77. The highest BCUT2D eigenvalue weighted by atomic mass is 16.3. The van der Waals surface area contributed by atoms with Crippen molar-refractivity contribution in [3.63, 3.8) is 0 Å². The van der Waals surface area contributed by atoms with E-state index in [2.05, 4.69) is 18.3 Å². The van der Waals surface area contributed by atoms with E-state index in [0.29, 0.717) is 0 Å². The van der Waals surface area contributed by atoms with Gasteiger partial charge >= 0.3 is 0 Å². The molecule has 0 bridgehead atoms. The molecule has 2 rings (SSSR count). The van der Waals surface area contributed by atoms with E-state index in [-0.39, 0.29) is 23.5 Å². The summed E-state index contributed by atoms with van der Waals surface area (Å²) in [6, 6.07) is 0. The number of aliphatic hydroxyl groups excluding tert-OH is 1. The van der Waals surface area contributed by atoms with Gasteiger partial charge in [0.05, 0.1) is 11.7 Å². The van der Waals surface area contributed by atoms with Gasteiger partial charge in [-0.3, -0.25) is 0 Å². The molecule has 0 spiro atoms. The molecule has 2 aliphatic carbocycles. The van der Waals surface area contributed by atoms with Crippen LogP contribution in [0.4, 0.5) is 0 Å². The largest absolute Gasteiger partial charge is 0.391 e. The Labute approximate surface area is 110 Å². The summed E-state index contributed by atoms with van der Waals surface area (Å²) < 4.78 is 0. The summed E-state index contributed by atoms with van der Waals surface area (Å²) in [6.07, 6.45) is 5.76. The zero-order valence-electron chi connectivity index (χ0n) is 12.0. The molecule has 0 amide bonds. The number of likely N-dealkylation sites (N-methyl/N-ethyl adjacent to an activating group) is 1. The van der Waals surface area contributed by atoms with Gasteiger partial charge in [-0.05, 0) is 65.3 Å². The van der Waals surface area contributed by atoms with Gasteiger partial charge in [0.15, 0.2) is 0 Å². The van der Waals surface area contributed by atoms with Crippen LogP contribution in [0.5, 0.6) is 0 Å². The van der Waals surface area contributed by atoms with Gasteiger partial charge in [-0.1, -0.05) is 11.6 Å². The number of hydrogen-bond acceptors (Lipinski definition) is 3. The molecular weight excluding hydrogens is 226 g/mol. The van der Waals surface area contributed by atoms with E-state index in [1.165, 1.54) is 5.57 Å². The minimum atomic E-state index is -0.666. The van der Waals surface area contributed by atoms with Crippen LogP contribution in [0.1, 0.15) is 46.5 Å². The van der Waals surface area contributed by atoms with Crippen molar-refractivity contribution in [1.29, 1.82) is 0 Å². The Hall–Kier alpha value is -0.380. The fourth-order valence-corrected chi connectivity index (χ4v) is 3.41. The fourth-order valence-electron chi connectivity index (χ4n) is 3.41. The molecule has 0 aromatic heterocycles. The topological polar surface area (TPSA) is 52.5 Å². The average Bonchev–Trinajstić information content (AvgIpc) is 3.09. The van der Waals surface area contributed by atoms with Crippen molar-refractivity contribution in [3.8, 4) is 0 Å². The van der Waals surface area contributed by atoms with Gasteiger partial charge in [-0.15, -0.1) is 0 Å². The second-order valence-corrected chi connectivity index (χ2v) is 6.77. The van der Waals surface area contributed by atoms with Crippen LogP contribution in [-0.4, -0.2) is 34.5 Å². The van der Waals surface area contributed by atoms with Crippen LogP contribution in [-0.2, 0) is 0 Å². The van der Waals surface area contributed by atoms with Gasteiger partial charge < -0.3 is 15.5 Å². The Kier molecular flexibility index (Phi) is 3.60. The summed E-state index contributed by atoms with van der Waals surface area (Å²) in [5.74, 6) is 0.481. The molecule has 0 radical (unpaired) electrons. The van der Waals surface area contributed by atoms with Gasteiger partial charge in [0.25, 0.3) is 0 Å². The first-order valence-electron chi connectivity index (χ1n) is 7.05. The van der Waals surface area contributed by atoms with Crippen LogP contribution in [0.3, 0.4) is 0 Å². The van der Waals surface area contributed by atoms with Gasteiger partial charge in [0, 0.05) is 5.54 Å². The number of hydrogen-bond donors (Lipinski definition) is 3. The lowest BCUT2D eigenvalue weighted by Crippen LogP contribution is -2.55. The van der Waals surface area contributed by atoms with Crippen LogP contribution < -0.4 is 5.32 Å². The molecule has 0 saturated heterocycles.